The van der Waals surface area contributed by atoms with E-state index in [1.807, 2.05) is 13.0 Å². The number of pyridine rings is 1. The van der Waals surface area contributed by atoms with Crippen LogP contribution in [0.25, 0.3) is 11.3 Å². The van der Waals surface area contributed by atoms with E-state index >= 15 is 0 Å². The van der Waals surface area contributed by atoms with Gasteiger partial charge in [0.05, 0.1) is 12.1 Å². The summed E-state index contributed by atoms with van der Waals surface area (Å²) < 4.78 is 13.8. The summed E-state index contributed by atoms with van der Waals surface area (Å²) in [7, 11) is 0. The van der Waals surface area contributed by atoms with E-state index in [-0.39, 0.29) is 18.7 Å². The van der Waals surface area contributed by atoms with Crippen molar-refractivity contribution in [2.75, 3.05) is 5.32 Å². The van der Waals surface area contributed by atoms with Crippen LogP contribution in [0.5, 0.6) is 0 Å². The summed E-state index contributed by atoms with van der Waals surface area (Å²) in [6, 6.07) is 14.6. The van der Waals surface area contributed by atoms with Gasteiger partial charge in [-0.1, -0.05) is 25.1 Å². The number of nitrogens with one attached hydrogen (secondary N) is 1. The summed E-state index contributed by atoms with van der Waals surface area (Å²) in [5.74, 6) is -1.90. The van der Waals surface area contributed by atoms with E-state index in [2.05, 4.69) is 10.3 Å². The molecular formula is C23H22FN3O3. The van der Waals surface area contributed by atoms with Crippen LogP contribution >= 0.6 is 0 Å². The Balaban J connectivity index is 1.89. The minimum atomic E-state index is -0.985. The number of halogens is 1. The predicted octanol–water partition coefficient (Wildman–Crippen LogP) is 3.79. The van der Waals surface area contributed by atoms with Crippen LogP contribution in [0.4, 0.5) is 10.1 Å². The zero-order valence-electron chi connectivity index (χ0n) is 16.5. The maximum absolute atomic E-state index is 13.8. The summed E-state index contributed by atoms with van der Waals surface area (Å²) >= 11 is 0. The van der Waals surface area contributed by atoms with Gasteiger partial charge in [-0.2, -0.15) is 0 Å². The Kier molecular flexibility index (Phi) is 6.54. The Morgan fingerprint density at radius 3 is 2.60 bits per heavy atom. The lowest BCUT2D eigenvalue weighted by Gasteiger charge is -2.12. The minimum absolute atomic E-state index is 0.131. The first-order valence-corrected chi connectivity index (χ1v) is 9.51. The average molecular weight is 407 g/mol. The Morgan fingerprint density at radius 1 is 1.10 bits per heavy atom. The molecule has 0 saturated carbocycles. The highest BCUT2D eigenvalue weighted by molar-refractivity contribution is 6.03. The molecule has 0 bridgehead atoms. The number of hydrogen-bond acceptors (Lipinski definition) is 4. The van der Waals surface area contributed by atoms with Crippen molar-refractivity contribution >= 4 is 17.6 Å². The molecule has 0 unspecified atom stereocenters. The summed E-state index contributed by atoms with van der Waals surface area (Å²) in [6.07, 6.45) is 0.547. The van der Waals surface area contributed by atoms with Crippen molar-refractivity contribution < 1.29 is 19.1 Å². The van der Waals surface area contributed by atoms with Crippen molar-refractivity contribution in [3.63, 3.8) is 0 Å². The molecule has 1 amide bonds. The molecule has 1 heterocycles. The molecule has 0 aliphatic heterocycles. The lowest BCUT2D eigenvalue weighted by Crippen LogP contribution is -2.16. The number of carboxylic acids is 1. The van der Waals surface area contributed by atoms with E-state index in [1.54, 1.807) is 36.4 Å². The maximum Gasteiger partial charge on any atom is 0.307 e. The number of rotatable bonds is 7. The normalized spacial score (nSPS) is 10.6. The molecule has 1 aromatic heterocycles. The molecule has 7 heteroatoms. The molecule has 2 aromatic carbocycles. The van der Waals surface area contributed by atoms with E-state index in [0.29, 0.717) is 28.1 Å². The average Bonchev–Trinajstić information content (AvgIpc) is 2.74. The summed E-state index contributed by atoms with van der Waals surface area (Å²) in [4.78, 5) is 28.3. The molecule has 6 nitrogen and oxygen atoms in total. The van der Waals surface area contributed by atoms with Gasteiger partial charge >= 0.3 is 5.97 Å². The summed E-state index contributed by atoms with van der Waals surface area (Å²) in [5.41, 5.74) is 9.23. The number of carbonyl (C=O) groups excluding carboxylic acids is 1. The van der Waals surface area contributed by atoms with E-state index in [1.165, 1.54) is 12.1 Å². The maximum atomic E-state index is 13.8. The molecule has 0 atom stereocenters. The summed E-state index contributed by atoms with van der Waals surface area (Å²) in [6.45, 7) is 2.15. The second-order valence-electron chi connectivity index (χ2n) is 6.83. The standard InChI is InChI=1S/C23H22FN3O3/c1-2-14-6-7-20(17(8-14)12-22(28)29)27-23(30)21-5-3-4-19(26-21)16-9-15(13-25)10-18(24)11-16/h3-11H,2,12-13,25H2,1H3,(H,27,30)(H,28,29). The molecule has 0 spiro atoms. The van der Waals surface area contributed by atoms with Crippen molar-refractivity contribution in [1.29, 1.82) is 0 Å². The molecule has 0 aliphatic carbocycles. The third-order valence-corrected chi connectivity index (χ3v) is 4.64. The number of aromatic nitrogens is 1. The third kappa shape index (κ3) is 5.07. The van der Waals surface area contributed by atoms with E-state index in [9.17, 15) is 14.0 Å². The van der Waals surface area contributed by atoms with Crippen LogP contribution in [0.15, 0.2) is 54.6 Å². The first-order chi connectivity index (χ1) is 14.4. The van der Waals surface area contributed by atoms with E-state index in [0.717, 1.165) is 12.0 Å². The number of anilines is 1. The monoisotopic (exact) mass is 407 g/mol. The molecule has 3 aromatic rings. The Morgan fingerprint density at radius 2 is 1.90 bits per heavy atom. The molecule has 0 saturated heterocycles. The van der Waals surface area contributed by atoms with Gasteiger partial charge in [0.15, 0.2) is 0 Å². The van der Waals surface area contributed by atoms with Crippen LogP contribution in [0.3, 0.4) is 0 Å². The van der Waals surface area contributed by atoms with Crippen molar-refractivity contribution in [2.24, 2.45) is 5.73 Å². The number of aryl methyl sites for hydroxylation is 1. The summed E-state index contributed by atoms with van der Waals surface area (Å²) in [5, 5.41) is 11.9. The van der Waals surface area contributed by atoms with Crippen molar-refractivity contribution in [3.8, 4) is 11.3 Å². The molecule has 0 fully saturated rings. The van der Waals surface area contributed by atoms with Gasteiger partial charge in [0.2, 0.25) is 0 Å². The van der Waals surface area contributed by atoms with Crippen LogP contribution in [0.2, 0.25) is 0 Å². The Bertz CT molecular complexity index is 1100. The number of hydrogen-bond donors (Lipinski definition) is 3. The number of aliphatic carboxylic acids is 1. The molecule has 0 radical (unpaired) electrons. The van der Waals surface area contributed by atoms with Crippen molar-refractivity contribution in [1.82, 2.24) is 4.98 Å². The number of carboxylic acid groups (broad SMARTS) is 1. The molecule has 154 valence electrons. The Labute approximate surface area is 173 Å². The molecule has 3 rings (SSSR count). The number of amides is 1. The first-order valence-electron chi connectivity index (χ1n) is 9.51. The van der Waals surface area contributed by atoms with Gasteiger partial charge in [0.25, 0.3) is 5.91 Å². The smallest absolute Gasteiger partial charge is 0.307 e. The fourth-order valence-corrected chi connectivity index (χ4v) is 3.12. The predicted molar refractivity (Wildman–Crippen MR) is 113 cm³/mol. The molecule has 30 heavy (non-hydrogen) atoms. The number of carbonyl (C=O) groups is 2. The lowest BCUT2D eigenvalue weighted by atomic mass is 10.0. The fourth-order valence-electron chi connectivity index (χ4n) is 3.12. The van der Waals surface area contributed by atoms with E-state index in [4.69, 9.17) is 10.8 Å². The van der Waals surface area contributed by atoms with Crippen LogP contribution in [0.1, 0.15) is 34.1 Å². The van der Waals surface area contributed by atoms with Gasteiger partial charge in [0.1, 0.15) is 11.5 Å². The fraction of sp³-hybridized carbons (Fsp3) is 0.174. The van der Waals surface area contributed by atoms with Gasteiger partial charge < -0.3 is 16.2 Å². The van der Waals surface area contributed by atoms with Gasteiger partial charge in [-0.05, 0) is 59.5 Å². The molecular weight excluding hydrogens is 385 g/mol. The molecule has 4 N–H and O–H groups in total. The Hall–Kier alpha value is -3.58. The van der Waals surface area contributed by atoms with Gasteiger partial charge in [0, 0.05) is 17.8 Å². The number of benzene rings is 2. The SMILES string of the molecule is CCc1ccc(NC(=O)c2cccc(-c3cc(F)cc(CN)c3)n2)c(CC(=O)O)c1. The first kappa shape index (κ1) is 21.1. The number of nitrogens with zero attached hydrogens (tertiary/aromatic N) is 1. The van der Waals surface area contributed by atoms with Gasteiger partial charge in [-0.25, -0.2) is 9.37 Å². The van der Waals surface area contributed by atoms with Crippen LogP contribution in [-0.4, -0.2) is 22.0 Å². The van der Waals surface area contributed by atoms with Crippen molar-refractivity contribution in [2.45, 2.75) is 26.3 Å². The minimum Gasteiger partial charge on any atom is -0.481 e. The van der Waals surface area contributed by atoms with Crippen LogP contribution in [0, 0.1) is 5.82 Å². The lowest BCUT2D eigenvalue weighted by molar-refractivity contribution is -0.136. The van der Waals surface area contributed by atoms with Crippen molar-refractivity contribution in [3.05, 3.63) is 82.8 Å². The van der Waals surface area contributed by atoms with Crippen LogP contribution in [-0.2, 0) is 24.2 Å². The topological polar surface area (TPSA) is 105 Å². The quantitative estimate of drug-likeness (QED) is 0.553. The highest BCUT2D eigenvalue weighted by Crippen LogP contribution is 2.22. The van der Waals surface area contributed by atoms with Crippen LogP contribution < -0.4 is 11.1 Å². The largest absolute Gasteiger partial charge is 0.481 e. The molecule has 0 aliphatic rings. The van der Waals surface area contributed by atoms with Gasteiger partial charge in [-0.3, -0.25) is 9.59 Å². The highest BCUT2D eigenvalue weighted by Gasteiger charge is 2.14. The third-order valence-electron chi connectivity index (χ3n) is 4.64. The zero-order valence-corrected chi connectivity index (χ0v) is 16.5. The van der Waals surface area contributed by atoms with E-state index < -0.39 is 17.7 Å². The second kappa shape index (κ2) is 9.28. The highest BCUT2D eigenvalue weighted by atomic mass is 19.1. The number of nitrogens with two attached hydrogens (primary N) is 1. The second-order valence-corrected chi connectivity index (χ2v) is 6.83. The van der Waals surface area contributed by atoms with Gasteiger partial charge in [-0.15, -0.1) is 0 Å². The zero-order chi connectivity index (χ0) is 21.7.